The summed E-state index contributed by atoms with van der Waals surface area (Å²) in [5.74, 6) is 1.10. The summed E-state index contributed by atoms with van der Waals surface area (Å²) < 4.78 is 17.2. The SMILES string of the molecule is CCN(CC)CCNC(=O)Cc1nc2cc(F)c(N3CCCC(C)C3)cc2n1C1CC1. The van der Waals surface area contributed by atoms with E-state index in [1.54, 1.807) is 6.07 Å². The number of aromatic nitrogens is 2. The lowest BCUT2D eigenvalue weighted by atomic mass is 9.99. The number of benzene rings is 1. The van der Waals surface area contributed by atoms with Crippen molar-refractivity contribution in [2.45, 2.75) is 58.9 Å². The molecule has 2 heterocycles. The number of fused-ring (bicyclic) bond motifs is 1. The molecule has 1 saturated carbocycles. The average molecular weight is 430 g/mol. The Morgan fingerprint density at radius 1 is 1.26 bits per heavy atom. The van der Waals surface area contributed by atoms with Gasteiger partial charge in [0, 0.05) is 38.3 Å². The van der Waals surface area contributed by atoms with Crippen LogP contribution in [0.1, 0.15) is 58.3 Å². The molecule has 0 spiro atoms. The smallest absolute Gasteiger partial charge is 0.227 e. The van der Waals surface area contributed by atoms with Gasteiger partial charge in [-0.3, -0.25) is 4.79 Å². The predicted octanol–water partition coefficient (Wildman–Crippen LogP) is 3.75. The molecule has 1 amide bonds. The Bertz CT molecular complexity index is 918. The molecule has 2 aromatic rings. The van der Waals surface area contributed by atoms with E-state index < -0.39 is 0 Å². The summed E-state index contributed by atoms with van der Waals surface area (Å²) in [6, 6.07) is 3.91. The van der Waals surface area contributed by atoms with Crippen LogP contribution in [-0.2, 0) is 11.2 Å². The lowest BCUT2D eigenvalue weighted by Gasteiger charge is -2.33. The molecule has 0 radical (unpaired) electrons. The first-order valence-corrected chi connectivity index (χ1v) is 11.9. The van der Waals surface area contributed by atoms with Crippen LogP contribution in [0.5, 0.6) is 0 Å². The Hall–Kier alpha value is -2.15. The minimum Gasteiger partial charge on any atom is -0.369 e. The van der Waals surface area contributed by atoms with Crippen LogP contribution in [0.15, 0.2) is 12.1 Å². The van der Waals surface area contributed by atoms with Gasteiger partial charge < -0.3 is 19.7 Å². The third kappa shape index (κ3) is 5.03. The normalized spacial score (nSPS) is 19.4. The van der Waals surface area contributed by atoms with E-state index in [1.807, 2.05) is 6.07 Å². The van der Waals surface area contributed by atoms with E-state index in [1.165, 1.54) is 6.42 Å². The number of hydrogen-bond donors (Lipinski definition) is 1. The zero-order chi connectivity index (χ0) is 22.0. The highest BCUT2D eigenvalue weighted by Crippen LogP contribution is 2.40. The van der Waals surface area contributed by atoms with E-state index in [-0.39, 0.29) is 18.1 Å². The number of likely N-dealkylation sites (N-methyl/N-ethyl adjacent to an activating group) is 1. The number of anilines is 1. The average Bonchev–Trinajstić information content (AvgIpc) is 3.52. The monoisotopic (exact) mass is 429 g/mol. The molecule has 1 aromatic heterocycles. The van der Waals surface area contributed by atoms with Crippen molar-refractivity contribution in [1.29, 1.82) is 0 Å². The summed E-state index contributed by atoms with van der Waals surface area (Å²) in [7, 11) is 0. The maximum Gasteiger partial charge on any atom is 0.227 e. The number of halogens is 1. The molecule has 0 bridgehead atoms. The van der Waals surface area contributed by atoms with Gasteiger partial charge in [0.15, 0.2) is 0 Å². The molecule has 1 saturated heterocycles. The number of imidazole rings is 1. The van der Waals surface area contributed by atoms with Crippen molar-refractivity contribution >= 4 is 22.6 Å². The summed E-state index contributed by atoms with van der Waals surface area (Å²) in [6.07, 6.45) is 4.72. The second-order valence-electron chi connectivity index (χ2n) is 9.17. The molecule has 1 N–H and O–H groups in total. The number of carbonyl (C=O) groups excluding carboxylic acids is 1. The lowest BCUT2D eigenvalue weighted by molar-refractivity contribution is -0.120. The maximum absolute atomic E-state index is 15.0. The highest BCUT2D eigenvalue weighted by atomic mass is 19.1. The van der Waals surface area contributed by atoms with E-state index in [0.29, 0.717) is 29.7 Å². The molecule has 6 nitrogen and oxygen atoms in total. The van der Waals surface area contributed by atoms with Gasteiger partial charge in [0.25, 0.3) is 0 Å². The van der Waals surface area contributed by atoms with Gasteiger partial charge in [-0.1, -0.05) is 20.8 Å². The molecule has 2 aliphatic rings. The van der Waals surface area contributed by atoms with Crippen molar-refractivity contribution in [3.63, 3.8) is 0 Å². The highest BCUT2D eigenvalue weighted by Gasteiger charge is 2.30. The Kier molecular flexibility index (Phi) is 6.80. The molecule has 170 valence electrons. The third-order valence-electron chi connectivity index (χ3n) is 6.70. The fourth-order valence-corrected chi connectivity index (χ4v) is 4.77. The number of hydrogen-bond acceptors (Lipinski definition) is 4. The topological polar surface area (TPSA) is 53.4 Å². The molecule has 1 aliphatic carbocycles. The van der Waals surface area contributed by atoms with Crippen molar-refractivity contribution in [3.8, 4) is 0 Å². The van der Waals surface area contributed by atoms with Gasteiger partial charge >= 0.3 is 0 Å². The highest BCUT2D eigenvalue weighted by molar-refractivity contribution is 5.84. The molecule has 7 heteroatoms. The molecule has 2 fully saturated rings. The van der Waals surface area contributed by atoms with E-state index in [2.05, 4.69) is 45.4 Å². The predicted molar refractivity (Wildman–Crippen MR) is 123 cm³/mol. The number of nitrogens with one attached hydrogen (secondary N) is 1. The second-order valence-corrected chi connectivity index (χ2v) is 9.17. The van der Waals surface area contributed by atoms with Crippen LogP contribution in [-0.4, -0.2) is 59.6 Å². The van der Waals surface area contributed by atoms with Gasteiger partial charge in [0.05, 0.1) is 23.1 Å². The zero-order valence-electron chi connectivity index (χ0n) is 19.2. The van der Waals surface area contributed by atoms with Crippen molar-refractivity contribution in [2.24, 2.45) is 5.92 Å². The minimum absolute atomic E-state index is 0.0186. The van der Waals surface area contributed by atoms with Crippen LogP contribution in [0.4, 0.5) is 10.1 Å². The summed E-state index contributed by atoms with van der Waals surface area (Å²) >= 11 is 0. The summed E-state index contributed by atoms with van der Waals surface area (Å²) in [5.41, 5.74) is 2.29. The first-order valence-electron chi connectivity index (χ1n) is 11.9. The maximum atomic E-state index is 15.0. The first-order chi connectivity index (χ1) is 15.0. The summed E-state index contributed by atoms with van der Waals surface area (Å²) in [5, 5.41) is 3.02. The van der Waals surface area contributed by atoms with Crippen LogP contribution in [0.3, 0.4) is 0 Å². The zero-order valence-corrected chi connectivity index (χ0v) is 19.2. The van der Waals surface area contributed by atoms with Crippen molar-refractivity contribution < 1.29 is 9.18 Å². The number of piperidine rings is 1. The van der Waals surface area contributed by atoms with Crippen molar-refractivity contribution in [2.75, 3.05) is 44.2 Å². The van der Waals surface area contributed by atoms with Crippen molar-refractivity contribution in [3.05, 3.63) is 23.8 Å². The Balaban J connectivity index is 1.54. The van der Waals surface area contributed by atoms with Gasteiger partial charge in [0.1, 0.15) is 11.6 Å². The molecular formula is C24H36FN5O. The van der Waals surface area contributed by atoms with Gasteiger partial charge in [-0.2, -0.15) is 0 Å². The first kappa shape index (κ1) is 22.1. The van der Waals surface area contributed by atoms with Crippen LogP contribution in [0.2, 0.25) is 0 Å². The molecular weight excluding hydrogens is 393 g/mol. The number of amides is 1. The van der Waals surface area contributed by atoms with Gasteiger partial charge in [-0.05, 0) is 50.8 Å². The molecule has 1 aliphatic heterocycles. The van der Waals surface area contributed by atoms with Gasteiger partial charge in [0.2, 0.25) is 5.91 Å². The van der Waals surface area contributed by atoms with Crippen LogP contribution < -0.4 is 10.2 Å². The lowest BCUT2D eigenvalue weighted by Crippen LogP contribution is -2.35. The van der Waals surface area contributed by atoms with Crippen molar-refractivity contribution in [1.82, 2.24) is 19.8 Å². The standard InChI is InChI=1S/C24H36FN5O/c1-4-28(5-2)12-10-26-24(31)15-23-27-20-13-19(25)21(29-11-6-7-17(3)16-29)14-22(20)30(23)18-8-9-18/h13-14,17-18H,4-12,15-16H2,1-3H3,(H,26,31). The van der Waals surface area contributed by atoms with E-state index in [9.17, 15) is 9.18 Å². The second kappa shape index (κ2) is 9.55. The fourth-order valence-electron chi connectivity index (χ4n) is 4.77. The fraction of sp³-hybridized carbons (Fsp3) is 0.667. The Labute approximate surface area is 184 Å². The van der Waals surface area contributed by atoms with Crippen LogP contribution in [0, 0.1) is 11.7 Å². The largest absolute Gasteiger partial charge is 0.369 e. The molecule has 4 rings (SSSR count). The van der Waals surface area contributed by atoms with Crippen LogP contribution >= 0.6 is 0 Å². The van der Waals surface area contributed by atoms with Gasteiger partial charge in [-0.15, -0.1) is 0 Å². The minimum atomic E-state index is -0.211. The molecule has 1 aromatic carbocycles. The van der Waals surface area contributed by atoms with E-state index in [0.717, 1.165) is 63.3 Å². The van der Waals surface area contributed by atoms with E-state index >= 15 is 0 Å². The molecule has 1 unspecified atom stereocenters. The van der Waals surface area contributed by atoms with Crippen LogP contribution in [0.25, 0.3) is 11.0 Å². The summed E-state index contributed by atoms with van der Waals surface area (Å²) in [6.45, 7) is 11.7. The Morgan fingerprint density at radius 3 is 2.71 bits per heavy atom. The Morgan fingerprint density at radius 2 is 2.03 bits per heavy atom. The van der Waals surface area contributed by atoms with E-state index in [4.69, 9.17) is 0 Å². The third-order valence-corrected chi connectivity index (χ3v) is 6.70. The van der Waals surface area contributed by atoms with Gasteiger partial charge in [-0.25, -0.2) is 9.37 Å². The number of carbonyl (C=O) groups is 1. The quantitative estimate of drug-likeness (QED) is 0.660. The molecule has 1 atom stereocenters. The molecule has 31 heavy (non-hydrogen) atoms. The number of nitrogens with zero attached hydrogens (tertiary/aromatic N) is 4. The number of rotatable bonds is 9. The summed E-state index contributed by atoms with van der Waals surface area (Å²) in [4.78, 5) is 21.7.